The Bertz CT molecular complexity index is 1070. The van der Waals surface area contributed by atoms with Gasteiger partial charge in [-0.1, -0.05) is 26.0 Å². The van der Waals surface area contributed by atoms with Crippen molar-refractivity contribution in [1.82, 2.24) is 20.4 Å². The van der Waals surface area contributed by atoms with Crippen LogP contribution in [-0.2, 0) is 19.1 Å². The van der Waals surface area contributed by atoms with Crippen LogP contribution >= 0.6 is 0 Å². The van der Waals surface area contributed by atoms with Crippen LogP contribution in [0, 0.1) is 5.92 Å². The maximum Gasteiger partial charge on any atom is 0.258 e. The molecule has 3 aliphatic rings. The first-order chi connectivity index (χ1) is 18.6. The first kappa shape index (κ1) is 28.9. The van der Waals surface area contributed by atoms with E-state index in [0.29, 0.717) is 39.1 Å². The van der Waals surface area contributed by atoms with Crippen molar-refractivity contribution in [3.05, 3.63) is 29.8 Å². The van der Waals surface area contributed by atoms with E-state index in [4.69, 9.17) is 9.47 Å². The summed E-state index contributed by atoms with van der Waals surface area (Å²) in [4.78, 5) is 56.2. The Kier molecular flexibility index (Phi) is 9.15. The molecule has 1 saturated carbocycles. The minimum atomic E-state index is -0.791. The zero-order chi connectivity index (χ0) is 28.2. The summed E-state index contributed by atoms with van der Waals surface area (Å²) in [5.74, 6) is -0.583. The average Bonchev–Trinajstić information content (AvgIpc) is 3.42. The van der Waals surface area contributed by atoms with E-state index in [1.165, 1.54) is 0 Å². The summed E-state index contributed by atoms with van der Waals surface area (Å²) >= 11 is 0. The van der Waals surface area contributed by atoms with Crippen LogP contribution in [0.5, 0.6) is 5.75 Å². The second-order valence-corrected chi connectivity index (χ2v) is 11.7. The van der Waals surface area contributed by atoms with Crippen molar-refractivity contribution in [2.75, 3.05) is 32.8 Å². The fourth-order valence-electron chi connectivity index (χ4n) is 5.25. The average molecular weight is 543 g/mol. The number of nitrogens with one attached hydrogen (secondary N) is 2. The van der Waals surface area contributed by atoms with Crippen LogP contribution in [0.4, 0.5) is 0 Å². The largest absolute Gasteiger partial charge is 0.483 e. The summed E-state index contributed by atoms with van der Waals surface area (Å²) in [6.07, 6.45) is 3.63. The quantitative estimate of drug-likeness (QED) is 0.468. The number of carbonyl (C=O) groups excluding carboxylic acids is 4. The van der Waals surface area contributed by atoms with Crippen LogP contribution in [-0.4, -0.2) is 90.0 Å². The number of carbonyl (C=O) groups is 4. The number of hydrogen-bond acceptors (Lipinski definition) is 6. The van der Waals surface area contributed by atoms with Gasteiger partial charge in [-0.05, 0) is 64.0 Å². The van der Waals surface area contributed by atoms with Crippen LogP contribution in [0.3, 0.4) is 0 Å². The summed E-state index contributed by atoms with van der Waals surface area (Å²) < 4.78 is 11.3. The van der Waals surface area contributed by atoms with Gasteiger partial charge in [0.25, 0.3) is 11.8 Å². The predicted octanol–water partition coefficient (Wildman–Crippen LogP) is 2.12. The number of amides is 4. The number of morpholine rings is 1. The van der Waals surface area contributed by atoms with Crippen LogP contribution in [0.1, 0.15) is 70.2 Å². The molecule has 0 aromatic heterocycles. The fourth-order valence-corrected chi connectivity index (χ4v) is 5.25. The summed E-state index contributed by atoms with van der Waals surface area (Å²) in [7, 11) is 0. The van der Waals surface area contributed by atoms with Gasteiger partial charge in [-0.25, -0.2) is 0 Å². The highest BCUT2D eigenvalue weighted by Gasteiger charge is 2.41. The number of rotatable bonds is 10. The molecule has 10 heteroatoms. The molecule has 1 aromatic carbocycles. The van der Waals surface area contributed by atoms with Gasteiger partial charge in [-0.15, -0.1) is 0 Å². The van der Waals surface area contributed by atoms with E-state index in [1.54, 1.807) is 34.1 Å². The summed E-state index contributed by atoms with van der Waals surface area (Å²) in [6, 6.07) is 5.38. The minimum absolute atomic E-state index is 0.0357. The molecule has 3 atom stereocenters. The molecule has 214 valence electrons. The van der Waals surface area contributed by atoms with Gasteiger partial charge in [0.1, 0.15) is 17.8 Å². The Balaban J connectivity index is 1.43. The van der Waals surface area contributed by atoms with Crippen molar-refractivity contribution < 1.29 is 28.7 Å². The number of ether oxygens (including phenoxy) is 2. The SMILES string of the molecule is CC(C)C[C@@H](NC(=O)c1ccccc1OCC(=O)NC1(C)CC1)C(=O)N1CCC[C@@H]1C(=O)N1CCO[C@@H](C)C1. The molecule has 3 fully saturated rings. The highest BCUT2D eigenvalue weighted by molar-refractivity contribution is 6.00. The molecule has 2 N–H and O–H groups in total. The zero-order valence-electron chi connectivity index (χ0n) is 23.5. The molecular weight excluding hydrogens is 500 g/mol. The first-order valence-corrected chi connectivity index (χ1v) is 14.1. The third-order valence-corrected chi connectivity index (χ3v) is 7.62. The van der Waals surface area contributed by atoms with Crippen LogP contribution < -0.4 is 15.4 Å². The lowest BCUT2D eigenvalue weighted by Crippen LogP contribution is -2.56. The van der Waals surface area contributed by atoms with E-state index in [2.05, 4.69) is 10.6 Å². The fraction of sp³-hybridized carbons (Fsp3) is 0.655. The Morgan fingerprint density at radius 2 is 1.90 bits per heavy atom. The van der Waals surface area contributed by atoms with Crippen LogP contribution in [0.2, 0.25) is 0 Å². The Morgan fingerprint density at radius 1 is 1.15 bits per heavy atom. The number of para-hydroxylation sites is 1. The van der Waals surface area contributed by atoms with Crippen LogP contribution in [0.15, 0.2) is 24.3 Å². The standard InChI is InChI=1S/C29H42N4O6/c1-19(2)16-22(27(36)33-13-7-9-23(33)28(37)32-14-15-38-20(3)17-32)30-26(35)21-8-5-6-10-24(21)39-18-25(34)31-29(4)11-12-29/h5-6,8,10,19-20,22-23H,7,9,11-18H2,1-4H3,(H,30,35)(H,31,34)/t20-,22+,23+/m0/s1. The van der Waals surface area contributed by atoms with Crippen molar-refractivity contribution in [3.63, 3.8) is 0 Å². The molecule has 2 heterocycles. The highest BCUT2D eigenvalue weighted by Crippen LogP contribution is 2.34. The third-order valence-electron chi connectivity index (χ3n) is 7.62. The summed E-state index contributed by atoms with van der Waals surface area (Å²) in [6.45, 7) is 9.69. The maximum atomic E-state index is 13.8. The second kappa shape index (κ2) is 12.4. The monoisotopic (exact) mass is 542 g/mol. The van der Waals surface area contributed by atoms with Gasteiger partial charge in [0.2, 0.25) is 11.8 Å². The summed E-state index contributed by atoms with van der Waals surface area (Å²) in [5.41, 5.74) is 0.0946. The number of benzene rings is 1. The van der Waals surface area contributed by atoms with Crippen molar-refractivity contribution in [3.8, 4) is 5.75 Å². The molecule has 1 aliphatic carbocycles. The van der Waals surface area contributed by atoms with E-state index in [-0.39, 0.29) is 53.2 Å². The molecule has 39 heavy (non-hydrogen) atoms. The van der Waals surface area contributed by atoms with Gasteiger partial charge in [0.05, 0.1) is 18.3 Å². The predicted molar refractivity (Wildman–Crippen MR) is 145 cm³/mol. The maximum absolute atomic E-state index is 13.8. The van der Waals surface area contributed by atoms with Crippen molar-refractivity contribution in [2.24, 2.45) is 5.92 Å². The third kappa shape index (κ3) is 7.50. The van der Waals surface area contributed by atoms with Gasteiger partial charge in [-0.3, -0.25) is 19.2 Å². The van der Waals surface area contributed by atoms with Crippen molar-refractivity contribution in [2.45, 2.75) is 83.5 Å². The summed E-state index contributed by atoms with van der Waals surface area (Å²) in [5, 5.41) is 5.84. The second-order valence-electron chi connectivity index (χ2n) is 11.7. The van der Waals surface area contributed by atoms with E-state index in [9.17, 15) is 19.2 Å². The number of likely N-dealkylation sites (tertiary alicyclic amines) is 1. The van der Waals surface area contributed by atoms with Crippen molar-refractivity contribution in [1.29, 1.82) is 0 Å². The normalized spacial score (nSPS) is 22.8. The highest BCUT2D eigenvalue weighted by atomic mass is 16.5. The smallest absolute Gasteiger partial charge is 0.258 e. The van der Waals surface area contributed by atoms with Crippen molar-refractivity contribution >= 4 is 23.6 Å². The Hall–Kier alpha value is -3.14. The Labute approximate surface area is 230 Å². The molecular formula is C29H42N4O6. The Morgan fingerprint density at radius 3 is 2.59 bits per heavy atom. The van der Waals surface area contributed by atoms with E-state index >= 15 is 0 Å². The van der Waals surface area contributed by atoms with E-state index in [1.807, 2.05) is 27.7 Å². The molecule has 0 unspecified atom stereocenters. The first-order valence-electron chi connectivity index (χ1n) is 14.1. The van der Waals surface area contributed by atoms with Gasteiger partial charge in [0.15, 0.2) is 6.61 Å². The van der Waals surface area contributed by atoms with Gasteiger partial charge >= 0.3 is 0 Å². The van der Waals surface area contributed by atoms with E-state index in [0.717, 1.165) is 19.3 Å². The van der Waals surface area contributed by atoms with E-state index < -0.39 is 18.0 Å². The molecule has 0 spiro atoms. The zero-order valence-corrected chi connectivity index (χ0v) is 23.5. The van der Waals surface area contributed by atoms with Crippen LogP contribution in [0.25, 0.3) is 0 Å². The molecule has 2 aliphatic heterocycles. The lowest BCUT2D eigenvalue weighted by Gasteiger charge is -2.36. The molecule has 2 saturated heterocycles. The minimum Gasteiger partial charge on any atom is -0.483 e. The lowest BCUT2D eigenvalue weighted by atomic mass is 10.0. The number of nitrogens with zero attached hydrogens (tertiary/aromatic N) is 2. The van der Waals surface area contributed by atoms with Gasteiger partial charge in [0, 0.05) is 25.2 Å². The topological polar surface area (TPSA) is 117 Å². The molecule has 1 aromatic rings. The molecule has 10 nitrogen and oxygen atoms in total. The molecule has 4 amide bonds. The van der Waals surface area contributed by atoms with Gasteiger partial charge in [-0.2, -0.15) is 0 Å². The van der Waals surface area contributed by atoms with Gasteiger partial charge < -0.3 is 29.9 Å². The molecule has 0 radical (unpaired) electrons. The lowest BCUT2D eigenvalue weighted by molar-refractivity contribution is -0.149. The molecule has 4 rings (SSSR count). The molecule has 0 bridgehead atoms. The number of hydrogen-bond donors (Lipinski definition) is 2.